The summed E-state index contributed by atoms with van der Waals surface area (Å²) >= 11 is 0. The highest BCUT2D eigenvalue weighted by molar-refractivity contribution is 5.64. The zero-order valence-corrected chi connectivity index (χ0v) is 12.0. The molecule has 20 heavy (non-hydrogen) atoms. The standard InChI is InChI=1S/C15H17N5/c1-4-12-13(5-2)18-19-15(17-12)20(3)14-9-7-6-8-11(14)10-16/h6-9H,4-5H2,1-3H3. The van der Waals surface area contributed by atoms with E-state index in [9.17, 15) is 0 Å². The summed E-state index contributed by atoms with van der Waals surface area (Å²) in [4.78, 5) is 6.35. The summed E-state index contributed by atoms with van der Waals surface area (Å²) < 4.78 is 0. The van der Waals surface area contributed by atoms with Gasteiger partial charge in [0.2, 0.25) is 5.95 Å². The third-order valence-corrected chi connectivity index (χ3v) is 3.18. The molecule has 0 saturated heterocycles. The van der Waals surface area contributed by atoms with Gasteiger partial charge in [-0.15, -0.1) is 10.2 Å². The maximum atomic E-state index is 9.16. The van der Waals surface area contributed by atoms with Crippen molar-refractivity contribution in [3.63, 3.8) is 0 Å². The fourth-order valence-corrected chi connectivity index (χ4v) is 2.04. The van der Waals surface area contributed by atoms with Crippen LogP contribution in [0.25, 0.3) is 0 Å². The van der Waals surface area contributed by atoms with Crippen LogP contribution >= 0.6 is 0 Å². The third kappa shape index (κ3) is 2.59. The Morgan fingerprint density at radius 3 is 2.45 bits per heavy atom. The molecule has 2 rings (SSSR count). The number of anilines is 2. The summed E-state index contributed by atoms with van der Waals surface area (Å²) in [6, 6.07) is 9.56. The van der Waals surface area contributed by atoms with E-state index in [1.54, 1.807) is 11.0 Å². The van der Waals surface area contributed by atoms with Crippen LogP contribution in [0, 0.1) is 11.3 Å². The second-order valence-corrected chi connectivity index (χ2v) is 4.40. The minimum atomic E-state index is 0.516. The molecule has 102 valence electrons. The van der Waals surface area contributed by atoms with Gasteiger partial charge in [0.05, 0.1) is 22.6 Å². The monoisotopic (exact) mass is 267 g/mol. The van der Waals surface area contributed by atoms with Crippen molar-refractivity contribution in [2.24, 2.45) is 0 Å². The number of para-hydroxylation sites is 1. The van der Waals surface area contributed by atoms with Crippen molar-refractivity contribution in [1.29, 1.82) is 5.26 Å². The number of aromatic nitrogens is 3. The van der Waals surface area contributed by atoms with Gasteiger partial charge < -0.3 is 4.90 Å². The minimum absolute atomic E-state index is 0.516. The molecule has 0 atom stereocenters. The fourth-order valence-electron chi connectivity index (χ4n) is 2.04. The molecule has 0 aliphatic carbocycles. The molecule has 0 radical (unpaired) electrons. The first-order chi connectivity index (χ1) is 9.71. The van der Waals surface area contributed by atoms with Gasteiger partial charge in [0.15, 0.2) is 0 Å². The normalized spacial score (nSPS) is 10.1. The minimum Gasteiger partial charge on any atom is -0.311 e. The van der Waals surface area contributed by atoms with Crippen LogP contribution in [0.2, 0.25) is 0 Å². The summed E-state index contributed by atoms with van der Waals surface area (Å²) in [5.41, 5.74) is 3.26. The Labute approximate surface area is 118 Å². The average molecular weight is 267 g/mol. The van der Waals surface area contributed by atoms with Crippen LogP contribution in [-0.2, 0) is 12.8 Å². The van der Waals surface area contributed by atoms with Gasteiger partial charge in [-0.1, -0.05) is 26.0 Å². The highest BCUT2D eigenvalue weighted by Gasteiger charge is 2.13. The number of nitrogens with zero attached hydrogens (tertiary/aromatic N) is 5. The summed E-state index contributed by atoms with van der Waals surface area (Å²) in [5.74, 6) is 0.516. The van der Waals surface area contributed by atoms with Crippen LogP contribution in [0.1, 0.15) is 30.8 Å². The van der Waals surface area contributed by atoms with Gasteiger partial charge >= 0.3 is 0 Å². The van der Waals surface area contributed by atoms with Crippen LogP contribution in [0.15, 0.2) is 24.3 Å². The maximum Gasteiger partial charge on any atom is 0.249 e. The Morgan fingerprint density at radius 1 is 1.10 bits per heavy atom. The molecule has 2 aromatic rings. The molecule has 5 heteroatoms. The number of benzene rings is 1. The van der Waals surface area contributed by atoms with E-state index in [0.29, 0.717) is 11.5 Å². The van der Waals surface area contributed by atoms with E-state index >= 15 is 0 Å². The average Bonchev–Trinajstić information content (AvgIpc) is 2.53. The summed E-state index contributed by atoms with van der Waals surface area (Å²) in [6.45, 7) is 4.09. The van der Waals surface area contributed by atoms with Crippen molar-refractivity contribution in [3.8, 4) is 6.07 Å². The van der Waals surface area contributed by atoms with Gasteiger partial charge in [-0.2, -0.15) is 5.26 Å². The highest BCUT2D eigenvalue weighted by Crippen LogP contribution is 2.23. The van der Waals surface area contributed by atoms with Crippen molar-refractivity contribution < 1.29 is 0 Å². The van der Waals surface area contributed by atoms with E-state index in [1.165, 1.54) is 0 Å². The van der Waals surface area contributed by atoms with Gasteiger partial charge in [-0.25, -0.2) is 4.98 Å². The van der Waals surface area contributed by atoms with Crippen LogP contribution in [0.4, 0.5) is 11.6 Å². The third-order valence-electron chi connectivity index (χ3n) is 3.18. The molecule has 0 spiro atoms. The van der Waals surface area contributed by atoms with Gasteiger partial charge in [0.1, 0.15) is 6.07 Å². The predicted octanol–water partition coefficient (Wildman–Crippen LogP) is 2.64. The predicted molar refractivity (Wildman–Crippen MR) is 77.8 cm³/mol. The Hall–Kier alpha value is -2.48. The molecule has 0 fully saturated rings. The van der Waals surface area contributed by atoms with E-state index in [2.05, 4.69) is 28.2 Å². The quantitative estimate of drug-likeness (QED) is 0.852. The summed E-state index contributed by atoms with van der Waals surface area (Å²) in [7, 11) is 1.85. The van der Waals surface area contributed by atoms with E-state index in [4.69, 9.17) is 5.26 Å². The zero-order chi connectivity index (χ0) is 14.5. The van der Waals surface area contributed by atoms with Crippen LogP contribution in [0.5, 0.6) is 0 Å². The molecule has 0 aliphatic heterocycles. The lowest BCUT2D eigenvalue weighted by Gasteiger charge is -2.18. The highest BCUT2D eigenvalue weighted by atomic mass is 15.3. The SMILES string of the molecule is CCc1nnc(N(C)c2ccccc2C#N)nc1CC. The van der Waals surface area contributed by atoms with Crippen molar-refractivity contribution >= 4 is 11.6 Å². The van der Waals surface area contributed by atoms with Gasteiger partial charge in [-0.3, -0.25) is 0 Å². The van der Waals surface area contributed by atoms with Crippen LogP contribution < -0.4 is 4.90 Å². The van der Waals surface area contributed by atoms with Gasteiger partial charge in [0, 0.05) is 7.05 Å². The molecule has 0 unspecified atom stereocenters. The number of nitriles is 1. The lowest BCUT2D eigenvalue weighted by atomic mass is 10.2. The molecule has 0 bridgehead atoms. The molecule has 0 amide bonds. The first-order valence-corrected chi connectivity index (χ1v) is 6.66. The number of hydrogen-bond donors (Lipinski definition) is 0. The largest absolute Gasteiger partial charge is 0.311 e. The van der Waals surface area contributed by atoms with Crippen molar-refractivity contribution in [3.05, 3.63) is 41.2 Å². The lowest BCUT2D eigenvalue weighted by molar-refractivity contribution is 0.810. The first kappa shape index (κ1) is 13.9. The van der Waals surface area contributed by atoms with Crippen molar-refractivity contribution in [2.75, 3.05) is 11.9 Å². The second kappa shape index (κ2) is 6.11. The molecule has 0 saturated carbocycles. The Bertz CT molecular complexity index is 645. The smallest absolute Gasteiger partial charge is 0.249 e. The maximum absolute atomic E-state index is 9.16. The van der Waals surface area contributed by atoms with Crippen LogP contribution in [-0.4, -0.2) is 22.2 Å². The molecular weight excluding hydrogens is 250 g/mol. The van der Waals surface area contributed by atoms with E-state index < -0.39 is 0 Å². The van der Waals surface area contributed by atoms with E-state index in [0.717, 1.165) is 29.9 Å². The fraction of sp³-hybridized carbons (Fsp3) is 0.333. The topological polar surface area (TPSA) is 65.7 Å². The van der Waals surface area contributed by atoms with Gasteiger partial charge in [0.25, 0.3) is 0 Å². The van der Waals surface area contributed by atoms with Gasteiger partial charge in [-0.05, 0) is 25.0 Å². The molecule has 1 aromatic heterocycles. The molecule has 5 nitrogen and oxygen atoms in total. The van der Waals surface area contributed by atoms with Crippen molar-refractivity contribution in [1.82, 2.24) is 15.2 Å². The number of rotatable bonds is 4. The Kier molecular flexibility index (Phi) is 4.26. The van der Waals surface area contributed by atoms with Crippen LogP contribution in [0.3, 0.4) is 0 Å². The zero-order valence-electron chi connectivity index (χ0n) is 12.0. The second-order valence-electron chi connectivity index (χ2n) is 4.40. The number of hydrogen-bond acceptors (Lipinski definition) is 5. The van der Waals surface area contributed by atoms with E-state index in [-0.39, 0.29) is 0 Å². The van der Waals surface area contributed by atoms with Crippen molar-refractivity contribution in [2.45, 2.75) is 26.7 Å². The molecule has 1 heterocycles. The molecule has 0 aliphatic rings. The Morgan fingerprint density at radius 2 is 1.80 bits per heavy atom. The first-order valence-electron chi connectivity index (χ1n) is 6.66. The summed E-state index contributed by atoms with van der Waals surface area (Å²) in [5, 5.41) is 17.6. The molecule has 1 aromatic carbocycles. The summed E-state index contributed by atoms with van der Waals surface area (Å²) in [6.07, 6.45) is 1.64. The number of aryl methyl sites for hydroxylation is 2. The molecular formula is C15H17N5. The Balaban J connectivity index is 2.43. The van der Waals surface area contributed by atoms with E-state index in [1.807, 2.05) is 32.2 Å². The molecule has 0 N–H and O–H groups in total. The lowest BCUT2D eigenvalue weighted by Crippen LogP contribution is -2.17.